The van der Waals surface area contributed by atoms with Crippen LogP contribution in [0.25, 0.3) is 0 Å². The third-order valence-corrected chi connectivity index (χ3v) is 2.84. The van der Waals surface area contributed by atoms with E-state index in [4.69, 9.17) is 6.42 Å². The van der Waals surface area contributed by atoms with E-state index in [0.717, 1.165) is 12.0 Å². The van der Waals surface area contributed by atoms with Gasteiger partial charge in [-0.25, -0.2) is 0 Å². The van der Waals surface area contributed by atoms with Crippen LogP contribution in [-0.2, 0) is 6.42 Å². The molecular formula is C17H22N2O. The first-order valence-corrected chi connectivity index (χ1v) is 6.79. The van der Waals surface area contributed by atoms with Gasteiger partial charge in [-0.3, -0.25) is 4.99 Å². The largest absolute Gasteiger partial charge is 0.391 e. The van der Waals surface area contributed by atoms with E-state index in [9.17, 15) is 5.11 Å². The smallest absolute Gasteiger partial charge is 0.106 e. The lowest BCUT2D eigenvalue weighted by Gasteiger charge is -2.22. The van der Waals surface area contributed by atoms with Crippen LogP contribution in [0.15, 0.2) is 47.2 Å². The summed E-state index contributed by atoms with van der Waals surface area (Å²) in [5, 5.41) is 10.1. The van der Waals surface area contributed by atoms with Crippen molar-refractivity contribution in [3.8, 4) is 12.3 Å². The van der Waals surface area contributed by atoms with Crippen LogP contribution < -0.4 is 0 Å². The summed E-state index contributed by atoms with van der Waals surface area (Å²) < 4.78 is 0. The SMILES string of the molecule is C#C/C(=C/N=C\CC)N(C)C[C@@H](O)Cc1ccccc1. The second-order valence-electron chi connectivity index (χ2n) is 4.62. The average Bonchev–Trinajstić information content (AvgIpc) is 2.44. The van der Waals surface area contributed by atoms with Gasteiger partial charge in [0, 0.05) is 26.2 Å². The molecule has 0 saturated heterocycles. The predicted molar refractivity (Wildman–Crippen MR) is 84.5 cm³/mol. The third kappa shape index (κ3) is 5.73. The number of benzene rings is 1. The first-order chi connectivity index (χ1) is 9.67. The molecule has 1 rings (SSSR count). The summed E-state index contributed by atoms with van der Waals surface area (Å²) >= 11 is 0. The Morgan fingerprint density at radius 2 is 2.15 bits per heavy atom. The first kappa shape index (κ1) is 16.0. The fourth-order valence-electron chi connectivity index (χ4n) is 1.84. The van der Waals surface area contributed by atoms with Crippen molar-refractivity contribution in [2.75, 3.05) is 13.6 Å². The zero-order valence-corrected chi connectivity index (χ0v) is 12.2. The maximum atomic E-state index is 10.1. The van der Waals surface area contributed by atoms with Gasteiger partial charge in [0.05, 0.1) is 12.3 Å². The molecule has 0 radical (unpaired) electrons. The van der Waals surface area contributed by atoms with Gasteiger partial charge in [-0.15, -0.1) is 6.42 Å². The highest BCUT2D eigenvalue weighted by Crippen LogP contribution is 2.07. The van der Waals surface area contributed by atoms with Crippen molar-refractivity contribution in [3.05, 3.63) is 47.8 Å². The number of aliphatic hydroxyl groups is 1. The van der Waals surface area contributed by atoms with Crippen LogP contribution in [-0.4, -0.2) is 35.9 Å². The first-order valence-electron chi connectivity index (χ1n) is 6.79. The molecular weight excluding hydrogens is 248 g/mol. The van der Waals surface area contributed by atoms with E-state index >= 15 is 0 Å². The fourth-order valence-corrected chi connectivity index (χ4v) is 1.84. The van der Waals surface area contributed by atoms with E-state index in [2.05, 4.69) is 10.9 Å². The molecule has 1 N–H and O–H groups in total. The van der Waals surface area contributed by atoms with Crippen molar-refractivity contribution in [2.45, 2.75) is 25.9 Å². The second-order valence-corrected chi connectivity index (χ2v) is 4.62. The molecule has 0 fully saturated rings. The molecule has 1 aromatic rings. The van der Waals surface area contributed by atoms with Gasteiger partial charge in [0.15, 0.2) is 0 Å². The number of hydrogen-bond acceptors (Lipinski definition) is 3. The van der Waals surface area contributed by atoms with E-state index in [0.29, 0.717) is 18.7 Å². The van der Waals surface area contributed by atoms with Gasteiger partial charge >= 0.3 is 0 Å². The number of allylic oxidation sites excluding steroid dienone is 1. The minimum absolute atomic E-state index is 0.464. The number of aliphatic imine (C=N–C) groups is 1. The molecule has 0 bridgehead atoms. The highest BCUT2D eigenvalue weighted by molar-refractivity contribution is 5.57. The zero-order chi connectivity index (χ0) is 14.8. The number of terminal acetylenes is 1. The molecule has 3 heteroatoms. The minimum atomic E-state index is -0.464. The normalized spacial score (nSPS) is 13.2. The molecule has 0 heterocycles. The Bertz CT molecular complexity index is 485. The van der Waals surface area contributed by atoms with E-state index in [1.807, 2.05) is 49.2 Å². The van der Waals surface area contributed by atoms with Crippen molar-refractivity contribution >= 4 is 6.21 Å². The van der Waals surface area contributed by atoms with Crippen LogP contribution in [0.4, 0.5) is 0 Å². The maximum absolute atomic E-state index is 10.1. The molecule has 0 aromatic heterocycles. The van der Waals surface area contributed by atoms with Gasteiger partial charge < -0.3 is 10.0 Å². The summed E-state index contributed by atoms with van der Waals surface area (Å²) in [6.07, 6.45) is 9.94. The van der Waals surface area contributed by atoms with Crippen molar-refractivity contribution in [2.24, 2.45) is 4.99 Å². The van der Waals surface area contributed by atoms with E-state index in [1.165, 1.54) is 0 Å². The Hall–Kier alpha value is -2.05. The zero-order valence-electron chi connectivity index (χ0n) is 12.2. The summed E-state index contributed by atoms with van der Waals surface area (Å²) in [7, 11) is 1.86. The summed E-state index contributed by atoms with van der Waals surface area (Å²) in [6, 6.07) is 9.92. The van der Waals surface area contributed by atoms with Gasteiger partial charge in [-0.05, 0) is 12.0 Å². The highest BCUT2D eigenvalue weighted by atomic mass is 16.3. The Morgan fingerprint density at radius 1 is 1.45 bits per heavy atom. The number of aliphatic hydroxyl groups excluding tert-OH is 1. The maximum Gasteiger partial charge on any atom is 0.106 e. The Balaban J connectivity index is 2.56. The van der Waals surface area contributed by atoms with Gasteiger partial charge in [-0.1, -0.05) is 43.2 Å². The van der Waals surface area contributed by atoms with E-state index < -0.39 is 6.10 Å². The highest BCUT2D eigenvalue weighted by Gasteiger charge is 2.10. The summed E-state index contributed by atoms with van der Waals surface area (Å²) in [4.78, 5) is 5.97. The van der Waals surface area contributed by atoms with Crippen molar-refractivity contribution < 1.29 is 5.11 Å². The fraction of sp³-hybridized carbons (Fsp3) is 0.353. The van der Waals surface area contributed by atoms with Crippen molar-refractivity contribution in [1.29, 1.82) is 0 Å². The lowest BCUT2D eigenvalue weighted by molar-refractivity contribution is 0.141. The number of likely N-dealkylation sites (N-methyl/N-ethyl adjacent to an activating group) is 1. The molecule has 1 atom stereocenters. The van der Waals surface area contributed by atoms with Gasteiger partial charge in [0.1, 0.15) is 5.70 Å². The topological polar surface area (TPSA) is 35.8 Å². The van der Waals surface area contributed by atoms with E-state index in [1.54, 1.807) is 12.4 Å². The molecule has 1 aromatic carbocycles. The van der Waals surface area contributed by atoms with Crippen LogP contribution >= 0.6 is 0 Å². The molecule has 0 aliphatic heterocycles. The molecule has 0 aliphatic rings. The molecule has 0 aliphatic carbocycles. The predicted octanol–water partition coefficient (Wildman–Crippen LogP) is 2.48. The van der Waals surface area contributed by atoms with Crippen molar-refractivity contribution in [3.63, 3.8) is 0 Å². The summed E-state index contributed by atoms with van der Waals surface area (Å²) in [6.45, 7) is 2.49. The van der Waals surface area contributed by atoms with Gasteiger partial charge in [0.2, 0.25) is 0 Å². The number of rotatable bonds is 7. The van der Waals surface area contributed by atoms with Crippen molar-refractivity contribution in [1.82, 2.24) is 4.90 Å². The molecule has 20 heavy (non-hydrogen) atoms. The minimum Gasteiger partial charge on any atom is -0.391 e. The molecule has 0 spiro atoms. The molecule has 3 nitrogen and oxygen atoms in total. The van der Waals surface area contributed by atoms with E-state index in [-0.39, 0.29) is 0 Å². The van der Waals surface area contributed by atoms with Crippen LogP contribution in [0.5, 0.6) is 0 Å². The van der Waals surface area contributed by atoms with Gasteiger partial charge in [-0.2, -0.15) is 0 Å². The Labute approximate surface area is 121 Å². The standard InChI is InChI=1S/C17H22N2O/c1-4-11-18-13-16(5-2)19(3)14-17(20)12-15-9-7-6-8-10-15/h2,6-11,13,17,20H,4,12,14H2,1,3H3/b16-13-,18-11-/t17-/m0/s1. The van der Waals surface area contributed by atoms with Crippen LogP contribution in [0.2, 0.25) is 0 Å². The molecule has 0 amide bonds. The Morgan fingerprint density at radius 3 is 2.75 bits per heavy atom. The monoisotopic (exact) mass is 270 g/mol. The summed E-state index contributed by atoms with van der Waals surface area (Å²) in [5.74, 6) is 2.59. The lowest BCUT2D eigenvalue weighted by atomic mass is 10.1. The number of hydrogen-bond donors (Lipinski definition) is 1. The van der Waals surface area contributed by atoms with Crippen LogP contribution in [0.1, 0.15) is 18.9 Å². The molecule has 0 unspecified atom stereocenters. The number of nitrogens with zero attached hydrogens (tertiary/aromatic N) is 2. The quantitative estimate of drug-likeness (QED) is 0.610. The second kappa shape index (κ2) is 8.95. The third-order valence-electron chi connectivity index (χ3n) is 2.84. The molecule has 0 saturated carbocycles. The van der Waals surface area contributed by atoms with Gasteiger partial charge in [0.25, 0.3) is 0 Å². The summed E-state index contributed by atoms with van der Waals surface area (Å²) in [5.41, 5.74) is 1.78. The van der Waals surface area contributed by atoms with Crippen LogP contribution in [0, 0.1) is 12.3 Å². The Kier molecular flexibility index (Phi) is 7.16. The lowest BCUT2D eigenvalue weighted by Crippen LogP contribution is -2.29. The molecule has 106 valence electrons. The van der Waals surface area contributed by atoms with Crippen LogP contribution in [0.3, 0.4) is 0 Å². The average molecular weight is 270 g/mol.